The molecule has 0 saturated carbocycles. The molecule has 1 aromatic heterocycles. The van der Waals surface area contributed by atoms with Crippen LogP contribution in [0.5, 0.6) is 0 Å². The monoisotopic (exact) mass is 261 g/mol. The average Bonchev–Trinajstić information content (AvgIpc) is 2.38. The van der Waals surface area contributed by atoms with Crippen molar-refractivity contribution in [1.29, 1.82) is 0 Å². The summed E-state index contributed by atoms with van der Waals surface area (Å²) in [5.74, 6) is 1.91. The predicted molar refractivity (Wildman–Crippen MR) is 81.2 cm³/mol. The van der Waals surface area contributed by atoms with Crippen LogP contribution in [0.4, 0.5) is 5.82 Å². The molecular weight excluding hydrogens is 234 g/mol. The second-order valence-corrected chi connectivity index (χ2v) is 6.86. The zero-order chi connectivity index (χ0) is 14.0. The molecule has 19 heavy (non-hydrogen) atoms. The van der Waals surface area contributed by atoms with Crippen LogP contribution in [0, 0.1) is 11.3 Å². The average molecular weight is 261 g/mol. The molecule has 1 fully saturated rings. The van der Waals surface area contributed by atoms with E-state index in [2.05, 4.69) is 36.7 Å². The topological polar surface area (TPSA) is 42.1 Å². The second-order valence-electron chi connectivity index (χ2n) is 6.86. The van der Waals surface area contributed by atoms with Crippen molar-refractivity contribution in [2.45, 2.75) is 46.6 Å². The van der Waals surface area contributed by atoms with Gasteiger partial charge >= 0.3 is 0 Å². The maximum absolute atomic E-state index is 5.94. The van der Waals surface area contributed by atoms with Crippen LogP contribution in [-0.2, 0) is 0 Å². The lowest BCUT2D eigenvalue weighted by Crippen LogP contribution is -2.38. The maximum Gasteiger partial charge on any atom is 0.128 e. The number of piperidine rings is 1. The Kier molecular flexibility index (Phi) is 4.14. The summed E-state index contributed by atoms with van der Waals surface area (Å²) in [6.07, 6.45) is 4.39. The Hall–Kier alpha value is -1.09. The van der Waals surface area contributed by atoms with Crippen molar-refractivity contribution in [2.24, 2.45) is 17.1 Å². The number of nitrogens with zero attached hydrogens (tertiary/aromatic N) is 2. The Morgan fingerprint density at radius 2 is 1.95 bits per heavy atom. The van der Waals surface area contributed by atoms with Crippen molar-refractivity contribution < 1.29 is 0 Å². The van der Waals surface area contributed by atoms with Gasteiger partial charge < -0.3 is 10.6 Å². The normalized spacial score (nSPS) is 19.5. The van der Waals surface area contributed by atoms with Crippen LogP contribution in [0.1, 0.15) is 52.1 Å². The predicted octanol–water partition coefficient (Wildman–Crippen LogP) is 3.36. The first-order chi connectivity index (χ1) is 8.88. The van der Waals surface area contributed by atoms with Crippen LogP contribution in [0.2, 0.25) is 0 Å². The van der Waals surface area contributed by atoms with E-state index in [0.717, 1.165) is 24.8 Å². The minimum absolute atomic E-state index is 0.0777. The third-order valence-electron chi connectivity index (χ3n) is 4.34. The van der Waals surface area contributed by atoms with Crippen LogP contribution in [0.25, 0.3) is 0 Å². The van der Waals surface area contributed by atoms with E-state index in [1.54, 1.807) is 0 Å². The van der Waals surface area contributed by atoms with E-state index in [0.29, 0.717) is 5.41 Å². The fourth-order valence-electron chi connectivity index (χ4n) is 2.86. The number of hydrogen-bond donors (Lipinski definition) is 1. The van der Waals surface area contributed by atoms with Crippen LogP contribution >= 0.6 is 0 Å². The molecule has 0 spiro atoms. The van der Waals surface area contributed by atoms with Crippen molar-refractivity contribution in [3.63, 3.8) is 0 Å². The van der Waals surface area contributed by atoms with E-state index in [4.69, 9.17) is 5.73 Å². The van der Waals surface area contributed by atoms with Crippen LogP contribution < -0.4 is 10.6 Å². The molecule has 0 bridgehead atoms. The Balaban J connectivity index is 2.03. The summed E-state index contributed by atoms with van der Waals surface area (Å²) in [6.45, 7) is 11.3. The van der Waals surface area contributed by atoms with Gasteiger partial charge in [-0.15, -0.1) is 0 Å². The van der Waals surface area contributed by atoms with Crippen LogP contribution in [0.15, 0.2) is 18.3 Å². The molecule has 3 nitrogen and oxygen atoms in total. The highest BCUT2D eigenvalue weighted by atomic mass is 15.2. The van der Waals surface area contributed by atoms with Crippen molar-refractivity contribution in [1.82, 2.24) is 4.98 Å². The summed E-state index contributed by atoms with van der Waals surface area (Å²) in [6, 6.07) is 4.23. The highest BCUT2D eigenvalue weighted by Gasteiger charge is 2.29. The highest BCUT2D eigenvalue weighted by molar-refractivity contribution is 5.42. The molecule has 0 amide bonds. The van der Waals surface area contributed by atoms with E-state index in [9.17, 15) is 0 Å². The van der Waals surface area contributed by atoms with Crippen molar-refractivity contribution >= 4 is 5.82 Å². The van der Waals surface area contributed by atoms with Gasteiger partial charge in [-0.2, -0.15) is 0 Å². The number of pyridine rings is 1. The number of nitrogens with two attached hydrogens (primary N) is 1. The molecule has 1 aliphatic heterocycles. The molecule has 0 radical (unpaired) electrons. The molecule has 2 rings (SSSR count). The van der Waals surface area contributed by atoms with Crippen molar-refractivity contribution in [3.05, 3.63) is 23.9 Å². The smallest absolute Gasteiger partial charge is 0.128 e. The number of rotatable bonds is 2. The molecule has 1 unspecified atom stereocenters. The standard InChI is InChI=1S/C16H27N3/c1-12(17)13-5-8-18-15(11-13)19-9-6-14(7-10-19)16(2,3)4/h5,8,11-12,14H,6-7,9-10,17H2,1-4H3. The molecule has 3 heteroatoms. The van der Waals surface area contributed by atoms with Crippen LogP contribution in [0.3, 0.4) is 0 Å². The Morgan fingerprint density at radius 1 is 1.32 bits per heavy atom. The van der Waals surface area contributed by atoms with Crippen LogP contribution in [-0.4, -0.2) is 18.1 Å². The molecule has 1 aromatic rings. The lowest BCUT2D eigenvalue weighted by atomic mass is 9.75. The minimum Gasteiger partial charge on any atom is -0.357 e. The molecule has 1 saturated heterocycles. The Labute approximate surface area is 117 Å². The van der Waals surface area contributed by atoms with E-state index < -0.39 is 0 Å². The van der Waals surface area contributed by atoms with Gasteiger partial charge in [0.2, 0.25) is 0 Å². The summed E-state index contributed by atoms with van der Waals surface area (Å²) in [7, 11) is 0. The second kappa shape index (κ2) is 5.49. The summed E-state index contributed by atoms with van der Waals surface area (Å²) >= 11 is 0. The molecule has 0 aliphatic carbocycles. The zero-order valence-corrected chi connectivity index (χ0v) is 12.7. The summed E-state index contributed by atoms with van der Waals surface area (Å²) in [5, 5.41) is 0. The molecular formula is C16H27N3. The molecule has 2 N–H and O–H groups in total. The summed E-state index contributed by atoms with van der Waals surface area (Å²) in [5.41, 5.74) is 7.54. The van der Waals surface area contributed by atoms with E-state index in [1.807, 2.05) is 19.2 Å². The maximum atomic E-state index is 5.94. The van der Waals surface area contributed by atoms with Gasteiger partial charge in [-0.25, -0.2) is 4.98 Å². The van der Waals surface area contributed by atoms with Gasteiger partial charge in [0, 0.05) is 25.3 Å². The molecule has 106 valence electrons. The van der Waals surface area contributed by atoms with Crippen molar-refractivity contribution in [3.8, 4) is 0 Å². The quantitative estimate of drug-likeness (QED) is 0.887. The molecule has 1 atom stereocenters. The minimum atomic E-state index is 0.0777. The van der Waals surface area contributed by atoms with Gasteiger partial charge in [0.1, 0.15) is 5.82 Å². The van der Waals surface area contributed by atoms with E-state index >= 15 is 0 Å². The van der Waals surface area contributed by atoms with Gasteiger partial charge in [-0.05, 0) is 48.8 Å². The van der Waals surface area contributed by atoms with Gasteiger partial charge in [0.05, 0.1) is 0 Å². The SMILES string of the molecule is CC(N)c1ccnc(N2CCC(C(C)(C)C)CC2)c1. The first kappa shape index (κ1) is 14.3. The first-order valence-electron chi connectivity index (χ1n) is 7.34. The zero-order valence-electron chi connectivity index (χ0n) is 12.7. The summed E-state index contributed by atoms with van der Waals surface area (Å²) < 4.78 is 0. The van der Waals surface area contributed by atoms with Crippen molar-refractivity contribution in [2.75, 3.05) is 18.0 Å². The summed E-state index contributed by atoms with van der Waals surface area (Å²) in [4.78, 5) is 6.90. The lowest BCUT2D eigenvalue weighted by molar-refractivity contribution is 0.198. The third-order valence-corrected chi connectivity index (χ3v) is 4.34. The van der Waals surface area contributed by atoms with E-state index in [-0.39, 0.29) is 6.04 Å². The lowest BCUT2D eigenvalue weighted by Gasteiger charge is -2.39. The number of aromatic nitrogens is 1. The molecule has 2 heterocycles. The number of hydrogen-bond acceptors (Lipinski definition) is 3. The third kappa shape index (κ3) is 3.47. The first-order valence-corrected chi connectivity index (χ1v) is 7.34. The fourth-order valence-corrected chi connectivity index (χ4v) is 2.86. The van der Waals surface area contributed by atoms with Gasteiger partial charge in [-0.3, -0.25) is 0 Å². The Bertz CT molecular complexity index is 412. The van der Waals surface area contributed by atoms with Gasteiger partial charge in [-0.1, -0.05) is 20.8 Å². The number of anilines is 1. The highest BCUT2D eigenvalue weighted by Crippen LogP contribution is 2.35. The van der Waals surface area contributed by atoms with Gasteiger partial charge in [0.25, 0.3) is 0 Å². The van der Waals surface area contributed by atoms with Gasteiger partial charge in [0.15, 0.2) is 0 Å². The molecule has 1 aliphatic rings. The fraction of sp³-hybridized carbons (Fsp3) is 0.688. The van der Waals surface area contributed by atoms with E-state index in [1.165, 1.54) is 18.4 Å². The Morgan fingerprint density at radius 3 is 2.47 bits per heavy atom. The molecule has 0 aromatic carbocycles. The largest absolute Gasteiger partial charge is 0.357 e.